The van der Waals surface area contributed by atoms with Gasteiger partial charge in [0, 0.05) is 19.2 Å². The van der Waals surface area contributed by atoms with E-state index in [1.165, 1.54) is 17.0 Å². The second-order valence-electron chi connectivity index (χ2n) is 7.54. The van der Waals surface area contributed by atoms with Crippen LogP contribution in [0.2, 0.25) is 0 Å². The number of Topliss-reactive ketones (excluding diaryl/α,β-unsaturated/α-hetero) is 1. The molecule has 2 N–H and O–H groups in total. The van der Waals surface area contributed by atoms with Crippen molar-refractivity contribution in [2.45, 2.75) is 19.4 Å². The maximum absolute atomic E-state index is 12.9. The Morgan fingerprint density at radius 2 is 1.90 bits per heavy atom. The molecule has 1 fully saturated rings. The van der Waals surface area contributed by atoms with Gasteiger partial charge in [0.15, 0.2) is 0 Å². The van der Waals surface area contributed by atoms with Gasteiger partial charge in [-0.1, -0.05) is 19.1 Å². The smallest absolute Gasteiger partial charge is 0.295 e. The Hall–Kier alpha value is -3.48. The van der Waals surface area contributed by atoms with Crippen molar-refractivity contribution in [3.05, 3.63) is 59.2 Å². The van der Waals surface area contributed by atoms with Gasteiger partial charge >= 0.3 is 0 Å². The first-order valence-electron chi connectivity index (χ1n) is 9.98. The summed E-state index contributed by atoms with van der Waals surface area (Å²) in [4.78, 5) is 29.1. The van der Waals surface area contributed by atoms with E-state index in [2.05, 4.69) is 0 Å². The number of phenols is 1. The zero-order chi connectivity index (χ0) is 21.4. The zero-order valence-corrected chi connectivity index (χ0v) is 17.0. The number of aromatic hydroxyl groups is 1. The summed E-state index contributed by atoms with van der Waals surface area (Å²) in [5, 5.41) is 20.8. The Labute approximate surface area is 174 Å². The van der Waals surface area contributed by atoms with E-state index in [4.69, 9.17) is 4.74 Å². The van der Waals surface area contributed by atoms with Gasteiger partial charge in [0.1, 0.15) is 23.9 Å². The van der Waals surface area contributed by atoms with Crippen molar-refractivity contribution < 1.29 is 24.5 Å². The van der Waals surface area contributed by atoms with Gasteiger partial charge in [0.25, 0.3) is 11.7 Å². The fourth-order valence-corrected chi connectivity index (χ4v) is 4.01. The normalized spacial score (nSPS) is 20.3. The Balaban J connectivity index is 1.85. The molecule has 7 nitrogen and oxygen atoms in total. The van der Waals surface area contributed by atoms with Gasteiger partial charge in [-0.15, -0.1) is 0 Å². The zero-order valence-electron chi connectivity index (χ0n) is 17.0. The van der Waals surface area contributed by atoms with E-state index in [1.807, 2.05) is 18.9 Å². The number of aliphatic hydroxyl groups excluding tert-OH is 1. The van der Waals surface area contributed by atoms with Crippen molar-refractivity contribution in [1.29, 1.82) is 0 Å². The van der Waals surface area contributed by atoms with E-state index in [1.54, 1.807) is 30.3 Å². The van der Waals surface area contributed by atoms with Gasteiger partial charge in [0.05, 0.1) is 23.8 Å². The minimum absolute atomic E-state index is 0.0541. The standard InChI is InChI=1S/C23H24N2O5/c1-3-10-25-20(14-4-7-16(26)8-5-14)19(22(28)23(25)29)21(27)15-6-9-18-17(13-15)24(2)11-12-30-18/h4-9,13,20,26-27H,3,10-12H2,1-2H3/b21-19-. The number of anilines is 1. The third kappa shape index (κ3) is 3.26. The van der Waals surface area contributed by atoms with Crippen LogP contribution in [0.5, 0.6) is 11.5 Å². The number of aliphatic hydroxyl groups is 1. The minimum Gasteiger partial charge on any atom is -0.508 e. The molecular formula is C23H24N2O5. The van der Waals surface area contributed by atoms with Crippen LogP contribution in [-0.2, 0) is 9.59 Å². The predicted octanol–water partition coefficient (Wildman–Crippen LogP) is 3.05. The van der Waals surface area contributed by atoms with Crippen LogP contribution in [0.1, 0.15) is 30.5 Å². The maximum atomic E-state index is 12.9. The molecule has 2 aromatic carbocycles. The average Bonchev–Trinajstić information content (AvgIpc) is 2.99. The number of phenolic OH excluding ortho intramolecular Hbond substituents is 1. The van der Waals surface area contributed by atoms with E-state index >= 15 is 0 Å². The highest BCUT2D eigenvalue weighted by atomic mass is 16.5. The molecular weight excluding hydrogens is 384 g/mol. The lowest BCUT2D eigenvalue weighted by Gasteiger charge is -2.28. The number of likely N-dealkylation sites (tertiary alicyclic amines) is 1. The van der Waals surface area contributed by atoms with Gasteiger partial charge in [-0.05, 0) is 42.3 Å². The van der Waals surface area contributed by atoms with Crippen LogP contribution < -0.4 is 9.64 Å². The fourth-order valence-electron chi connectivity index (χ4n) is 4.01. The molecule has 30 heavy (non-hydrogen) atoms. The van der Waals surface area contributed by atoms with E-state index in [-0.39, 0.29) is 17.1 Å². The number of carbonyl (C=O) groups is 2. The Kier molecular flexibility index (Phi) is 5.11. The molecule has 0 radical (unpaired) electrons. The molecule has 156 valence electrons. The summed E-state index contributed by atoms with van der Waals surface area (Å²) in [6, 6.07) is 10.8. The summed E-state index contributed by atoms with van der Waals surface area (Å²) in [6.45, 7) is 3.60. The molecule has 0 aromatic heterocycles. The van der Waals surface area contributed by atoms with Gasteiger partial charge in [-0.3, -0.25) is 9.59 Å². The molecule has 0 aliphatic carbocycles. The number of rotatable bonds is 4. The lowest BCUT2D eigenvalue weighted by atomic mass is 9.95. The highest BCUT2D eigenvalue weighted by molar-refractivity contribution is 6.46. The molecule has 2 aromatic rings. The van der Waals surface area contributed by atoms with Crippen molar-refractivity contribution in [3.8, 4) is 11.5 Å². The topological polar surface area (TPSA) is 90.3 Å². The first-order valence-corrected chi connectivity index (χ1v) is 9.98. The van der Waals surface area contributed by atoms with Crippen LogP contribution in [-0.4, -0.2) is 53.5 Å². The molecule has 1 unspecified atom stereocenters. The number of benzene rings is 2. The number of fused-ring (bicyclic) bond motifs is 1. The average molecular weight is 408 g/mol. The van der Waals surface area contributed by atoms with E-state index in [0.29, 0.717) is 43.0 Å². The molecule has 0 bridgehead atoms. The van der Waals surface area contributed by atoms with Crippen LogP contribution in [0.25, 0.3) is 5.76 Å². The van der Waals surface area contributed by atoms with Gasteiger partial charge < -0.3 is 24.7 Å². The van der Waals surface area contributed by atoms with Crippen molar-refractivity contribution in [1.82, 2.24) is 4.90 Å². The van der Waals surface area contributed by atoms with Crippen molar-refractivity contribution in [2.24, 2.45) is 0 Å². The summed E-state index contributed by atoms with van der Waals surface area (Å²) in [6.07, 6.45) is 0.669. The van der Waals surface area contributed by atoms with Gasteiger partial charge in [-0.2, -0.15) is 0 Å². The fraction of sp³-hybridized carbons (Fsp3) is 0.304. The summed E-state index contributed by atoms with van der Waals surface area (Å²) in [7, 11) is 1.93. The first kappa shape index (κ1) is 19.8. The molecule has 2 aliphatic rings. The van der Waals surface area contributed by atoms with Crippen LogP contribution in [0, 0.1) is 0 Å². The van der Waals surface area contributed by atoms with Crippen molar-refractivity contribution in [3.63, 3.8) is 0 Å². The second kappa shape index (κ2) is 7.74. The SMILES string of the molecule is CCCN1C(=O)C(=O)/C(=C(\O)c2ccc3c(c2)N(C)CCO3)C1c1ccc(O)cc1. The first-order chi connectivity index (χ1) is 14.4. The van der Waals surface area contributed by atoms with Gasteiger partial charge in [-0.25, -0.2) is 0 Å². The number of ketones is 1. The lowest BCUT2D eigenvalue weighted by Crippen LogP contribution is -2.30. The van der Waals surface area contributed by atoms with Crippen LogP contribution in [0.3, 0.4) is 0 Å². The van der Waals surface area contributed by atoms with E-state index < -0.39 is 17.7 Å². The number of nitrogens with zero attached hydrogens (tertiary/aromatic N) is 2. The summed E-state index contributed by atoms with van der Waals surface area (Å²) in [5.41, 5.74) is 1.97. The molecule has 1 amide bonds. The van der Waals surface area contributed by atoms with Crippen LogP contribution in [0.15, 0.2) is 48.0 Å². The number of ether oxygens (including phenoxy) is 1. The van der Waals surface area contributed by atoms with E-state index in [0.717, 1.165) is 5.69 Å². The van der Waals surface area contributed by atoms with Crippen molar-refractivity contribution in [2.75, 3.05) is 31.6 Å². The van der Waals surface area contributed by atoms with Gasteiger partial charge in [0.2, 0.25) is 0 Å². The molecule has 2 aliphatic heterocycles. The molecule has 0 saturated carbocycles. The molecule has 1 atom stereocenters. The monoisotopic (exact) mass is 408 g/mol. The maximum Gasteiger partial charge on any atom is 0.295 e. The highest BCUT2D eigenvalue weighted by Gasteiger charge is 2.45. The third-order valence-corrected chi connectivity index (χ3v) is 5.54. The third-order valence-electron chi connectivity index (χ3n) is 5.54. The predicted molar refractivity (Wildman–Crippen MR) is 113 cm³/mol. The largest absolute Gasteiger partial charge is 0.508 e. The van der Waals surface area contributed by atoms with Crippen LogP contribution in [0.4, 0.5) is 5.69 Å². The van der Waals surface area contributed by atoms with E-state index in [9.17, 15) is 19.8 Å². The molecule has 2 heterocycles. The summed E-state index contributed by atoms with van der Waals surface area (Å²) in [5.74, 6) is -0.756. The number of likely N-dealkylation sites (N-methyl/N-ethyl adjacent to an activating group) is 1. The quantitative estimate of drug-likeness (QED) is 0.459. The lowest BCUT2D eigenvalue weighted by molar-refractivity contribution is -0.139. The molecule has 0 spiro atoms. The second-order valence-corrected chi connectivity index (χ2v) is 7.54. The molecule has 7 heteroatoms. The number of amides is 1. The number of carbonyl (C=O) groups excluding carboxylic acids is 2. The Morgan fingerprint density at radius 3 is 2.60 bits per heavy atom. The van der Waals surface area contributed by atoms with Crippen LogP contribution >= 0.6 is 0 Å². The highest BCUT2D eigenvalue weighted by Crippen LogP contribution is 2.41. The summed E-state index contributed by atoms with van der Waals surface area (Å²) < 4.78 is 5.65. The minimum atomic E-state index is -0.712. The molecule has 1 saturated heterocycles. The Bertz CT molecular complexity index is 1030. The summed E-state index contributed by atoms with van der Waals surface area (Å²) >= 11 is 0. The molecule has 4 rings (SSSR count). The number of hydrogen-bond donors (Lipinski definition) is 2. The van der Waals surface area contributed by atoms with Crippen molar-refractivity contribution >= 4 is 23.1 Å². The number of hydrogen-bond acceptors (Lipinski definition) is 6. The Morgan fingerprint density at radius 1 is 1.17 bits per heavy atom.